The van der Waals surface area contributed by atoms with E-state index in [2.05, 4.69) is 38.5 Å². The summed E-state index contributed by atoms with van der Waals surface area (Å²) in [5.41, 5.74) is 3.38. The Labute approximate surface area is 130 Å². The minimum absolute atomic E-state index is 0.0198. The van der Waals surface area contributed by atoms with Crippen molar-refractivity contribution in [1.29, 1.82) is 0 Å². The second kappa shape index (κ2) is 5.35. The molecule has 0 aromatic heterocycles. The summed E-state index contributed by atoms with van der Waals surface area (Å²) in [5.74, 6) is 0. The SMILES string of the molecule is CS(=O)/N=C1/c2cc(Br)ccc2CC12CCC(O)CC2. The molecular weight excluding hydrogens is 338 g/mol. The largest absolute Gasteiger partial charge is 0.393 e. The molecule has 1 aromatic carbocycles. The fraction of sp³-hybridized carbons (Fsp3) is 0.533. The normalized spacial score (nSPS) is 32.5. The Bertz CT molecular complexity index is 592. The first kappa shape index (κ1) is 14.4. The summed E-state index contributed by atoms with van der Waals surface area (Å²) in [7, 11) is -1.20. The van der Waals surface area contributed by atoms with Crippen molar-refractivity contribution in [3.8, 4) is 0 Å². The summed E-state index contributed by atoms with van der Waals surface area (Å²) in [5, 5.41) is 9.77. The fourth-order valence-corrected chi connectivity index (χ4v) is 4.41. The molecule has 1 spiro atoms. The molecule has 1 aromatic rings. The minimum Gasteiger partial charge on any atom is -0.393 e. The van der Waals surface area contributed by atoms with Crippen LogP contribution < -0.4 is 0 Å². The van der Waals surface area contributed by atoms with Gasteiger partial charge in [0, 0.05) is 21.7 Å². The molecular formula is C15H18BrNO2S. The second-order valence-corrected chi connectivity index (χ2v) is 7.80. The van der Waals surface area contributed by atoms with E-state index >= 15 is 0 Å². The van der Waals surface area contributed by atoms with Crippen molar-refractivity contribution in [3.05, 3.63) is 33.8 Å². The highest BCUT2D eigenvalue weighted by Gasteiger charge is 2.45. The highest BCUT2D eigenvalue weighted by Crippen LogP contribution is 2.48. The average Bonchev–Trinajstić information content (AvgIpc) is 2.67. The van der Waals surface area contributed by atoms with E-state index < -0.39 is 11.0 Å². The van der Waals surface area contributed by atoms with E-state index in [1.807, 2.05) is 0 Å². The molecule has 1 saturated carbocycles. The van der Waals surface area contributed by atoms with E-state index in [4.69, 9.17) is 0 Å². The molecule has 0 saturated heterocycles. The van der Waals surface area contributed by atoms with E-state index in [-0.39, 0.29) is 11.5 Å². The van der Waals surface area contributed by atoms with Gasteiger partial charge in [-0.25, -0.2) is 4.21 Å². The lowest BCUT2D eigenvalue weighted by molar-refractivity contribution is 0.0934. The van der Waals surface area contributed by atoms with Crippen molar-refractivity contribution in [2.24, 2.45) is 9.81 Å². The number of hydrogen-bond acceptors (Lipinski definition) is 2. The lowest BCUT2D eigenvalue weighted by atomic mass is 9.70. The highest BCUT2D eigenvalue weighted by molar-refractivity contribution is 9.10. The zero-order valence-electron chi connectivity index (χ0n) is 11.4. The Hall–Kier alpha value is -0.520. The fourth-order valence-electron chi connectivity index (χ4n) is 3.50. The number of fused-ring (bicyclic) bond motifs is 1. The van der Waals surface area contributed by atoms with Crippen LogP contribution in [0.2, 0.25) is 0 Å². The molecule has 1 atom stereocenters. The van der Waals surface area contributed by atoms with Crippen LogP contribution in [0.1, 0.15) is 36.8 Å². The van der Waals surface area contributed by atoms with Crippen molar-refractivity contribution in [2.45, 2.75) is 38.2 Å². The molecule has 1 unspecified atom stereocenters. The Morgan fingerprint density at radius 2 is 2.10 bits per heavy atom. The second-order valence-electron chi connectivity index (χ2n) is 5.85. The topological polar surface area (TPSA) is 49.7 Å². The zero-order chi connectivity index (χ0) is 14.3. The molecule has 5 heteroatoms. The van der Waals surface area contributed by atoms with E-state index in [1.54, 1.807) is 6.26 Å². The van der Waals surface area contributed by atoms with Gasteiger partial charge in [0.1, 0.15) is 11.0 Å². The first-order valence-corrected chi connectivity index (χ1v) is 9.20. The third-order valence-electron chi connectivity index (χ3n) is 4.49. The molecule has 1 fully saturated rings. The molecule has 2 aliphatic rings. The number of aliphatic hydroxyl groups is 1. The molecule has 3 nitrogen and oxygen atoms in total. The number of hydrogen-bond donors (Lipinski definition) is 1. The van der Waals surface area contributed by atoms with Crippen LogP contribution in [0.4, 0.5) is 0 Å². The summed E-state index contributed by atoms with van der Waals surface area (Å²) in [6.45, 7) is 0. The van der Waals surface area contributed by atoms with Crippen molar-refractivity contribution in [2.75, 3.05) is 6.26 Å². The third kappa shape index (κ3) is 2.51. The number of benzene rings is 1. The predicted octanol–water partition coefficient (Wildman–Crippen LogP) is 3.01. The number of aliphatic hydroxyl groups excluding tert-OH is 1. The molecule has 0 bridgehead atoms. The van der Waals surface area contributed by atoms with Gasteiger partial charge < -0.3 is 5.11 Å². The number of rotatable bonds is 1. The van der Waals surface area contributed by atoms with Crippen LogP contribution in [-0.4, -0.2) is 27.4 Å². The van der Waals surface area contributed by atoms with Gasteiger partial charge in [-0.3, -0.25) is 0 Å². The van der Waals surface area contributed by atoms with Crippen molar-refractivity contribution < 1.29 is 9.32 Å². The lowest BCUT2D eigenvalue weighted by Crippen LogP contribution is -2.35. The van der Waals surface area contributed by atoms with E-state index in [0.717, 1.165) is 47.9 Å². The molecule has 0 heterocycles. The maximum Gasteiger partial charge on any atom is 0.136 e. The first-order chi connectivity index (χ1) is 9.50. The van der Waals surface area contributed by atoms with Crippen molar-refractivity contribution in [1.82, 2.24) is 0 Å². The zero-order valence-corrected chi connectivity index (χ0v) is 13.8. The molecule has 108 valence electrons. The van der Waals surface area contributed by atoms with Crippen LogP contribution in [0, 0.1) is 5.41 Å². The van der Waals surface area contributed by atoms with Gasteiger partial charge in [-0.1, -0.05) is 22.0 Å². The molecule has 3 rings (SSSR count). The Morgan fingerprint density at radius 3 is 2.75 bits per heavy atom. The summed E-state index contributed by atoms with van der Waals surface area (Å²) in [6.07, 6.45) is 5.86. The van der Waals surface area contributed by atoms with Gasteiger partial charge in [-0.2, -0.15) is 4.40 Å². The van der Waals surface area contributed by atoms with Gasteiger partial charge in [0.2, 0.25) is 0 Å². The van der Waals surface area contributed by atoms with E-state index in [0.29, 0.717) is 0 Å². The smallest absolute Gasteiger partial charge is 0.136 e. The van der Waals surface area contributed by atoms with Crippen molar-refractivity contribution in [3.63, 3.8) is 0 Å². The first-order valence-electron chi connectivity index (χ1n) is 6.90. The predicted molar refractivity (Wildman–Crippen MR) is 85.4 cm³/mol. The van der Waals surface area contributed by atoms with Gasteiger partial charge in [-0.15, -0.1) is 0 Å². The van der Waals surface area contributed by atoms with Crippen LogP contribution in [0.5, 0.6) is 0 Å². The molecule has 0 amide bonds. The van der Waals surface area contributed by atoms with Gasteiger partial charge in [0.15, 0.2) is 0 Å². The molecule has 0 aliphatic heterocycles. The van der Waals surface area contributed by atoms with E-state index in [1.165, 1.54) is 5.56 Å². The molecule has 20 heavy (non-hydrogen) atoms. The van der Waals surface area contributed by atoms with Gasteiger partial charge in [0.05, 0.1) is 11.8 Å². The Kier molecular flexibility index (Phi) is 3.86. The summed E-state index contributed by atoms with van der Waals surface area (Å²) >= 11 is 3.51. The summed E-state index contributed by atoms with van der Waals surface area (Å²) in [6, 6.07) is 6.27. The highest BCUT2D eigenvalue weighted by atomic mass is 79.9. The maximum atomic E-state index is 11.6. The quantitative estimate of drug-likeness (QED) is 0.841. The number of nitrogens with zero attached hydrogens (tertiary/aromatic N) is 1. The lowest BCUT2D eigenvalue weighted by Gasteiger charge is -2.36. The standard InChI is InChI=1S/C15H18BrNO2S/c1-20(19)17-14-13-8-11(16)3-2-10(13)9-15(14)6-4-12(18)5-7-15/h2-3,8,12,18H,4-7,9H2,1H3/b17-14-. The average molecular weight is 356 g/mol. The van der Waals surface area contributed by atoms with Crippen LogP contribution in [0.25, 0.3) is 0 Å². The van der Waals surface area contributed by atoms with Gasteiger partial charge in [0.25, 0.3) is 0 Å². The monoisotopic (exact) mass is 355 g/mol. The summed E-state index contributed by atoms with van der Waals surface area (Å²) < 4.78 is 17.1. The minimum atomic E-state index is -1.20. The molecule has 0 radical (unpaired) electrons. The van der Waals surface area contributed by atoms with Gasteiger partial charge >= 0.3 is 0 Å². The van der Waals surface area contributed by atoms with Crippen LogP contribution in [0.3, 0.4) is 0 Å². The van der Waals surface area contributed by atoms with Crippen LogP contribution >= 0.6 is 15.9 Å². The van der Waals surface area contributed by atoms with Crippen LogP contribution in [0.15, 0.2) is 27.1 Å². The van der Waals surface area contributed by atoms with Gasteiger partial charge in [-0.05, 0) is 49.8 Å². The van der Waals surface area contributed by atoms with Crippen molar-refractivity contribution >= 4 is 32.6 Å². The Morgan fingerprint density at radius 1 is 1.40 bits per heavy atom. The maximum absolute atomic E-state index is 11.6. The van der Waals surface area contributed by atoms with Crippen LogP contribution in [-0.2, 0) is 17.4 Å². The summed E-state index contributed by atoms with van der Waals surface area (Å²) in [4.78, 5) is 0. The number of halogens is 1. The molecule has 2 aliphatic carbocycles. The third-order valence-corrected chi connectivity index (χ3v) is 5.42. The Balaban J connectivity index is 2.07. The molecule has 1 N–H and O–H groups in total. The van der Waals surface area contributed by atoms with E-state index in [9.17, 15) is 9.32 Å².